The summed E-state index contributed by atoms with van der Waals surface area (Å²) >= 11 is 0. The lowest BCUT2D eigenvalue weighted by molar-refractivity contribution is 0.0270. The third kappa shape index (κ3) is 3.99. The van der Waals surface area contributed by atoms with Crippen LogP contribution in [-0.2, 0) is 9.47 Å². The molecule has 1 aromatic carbocycles. The monoisotopic (exact) mass is 371 g/mol. The van der Waals surface area contributed by atoms with Gasteiger partial charge < -0.3 is 18.8 Å². The van der Waals surface area contributed by atoms with Crippen molar-refractivity contribution in [1.29, 1.82) is 0 Å². The number of hydrogen-bond acceptors (Lipinski definition) is 5. The third-order valence-electron chi connectivity index (χ3n) is 4.42. The van der Waals surface area contributed by atoms with Gasteiger partial charge in [-0.1, -0.05) is 12.1 Å². The van der Waals surface area contributed by atoms with Gasteiger partial charge in [0, 0.05) is 18.5 Å². The summed E-state index contributed by atoms with van der Waals surface area (Å²) in [4.78, 5) is 25.9. The van der Waals surface area contributed by atoms with Crippen LogP contribution in [-0.4, -0.2) is 42.8 Å². The summed E-state index contributed by atoms with van der Waals surface area (Å²) in [5.74, 6) is 0.309. The van der Waals surface area contributed by atoms with E-state index in [1.54, 1.807) is 11.0 Å². The van der Waals surface area contributed by atoms with Gasteiger partial charge in [0.25, 0.3) is 0 Å². The second kappa shape index (κ2) is 7.10. The zero-order valence-electron chi connectivity index (χ0n) is 16.4. The normalized spacial score (nSPS) is 14.9. The fraction of sp³-hybridized carbons (Fsp3) is 0.429. The first-order valence-corrected chi connectivity index (χ1v) is 8.98. The number of benzene rings is 1. The first-order chi connectivity index (χ1) is 12.7. The zero-order valence-corrected chi connectivity index (χ0v) is 16.4. The Labute approximate surface area is 158 Å². The van der Waals surface area contributed by atoms with Crippen LogP contribution < -0.4 is 0 Å². The maximum atomic E-state index is 12.2. The van der Waals surface area contributed by atoms with E-state index in [9.17, 15) is 9.59 Å². The molecular weight excluding hydrogens is 346 g/mol. The van der Waals surface area contributed by atoms with Crippen LogP contribution in [0.3, 0.4) is 0 Å². The van der Waals surface area contributed by atoms with Crippen LogP contribution in [0.15, 0.2) is 28.7 Å². The standard InChI is InChI=1S/C21H25NO5/c1-13-12-17-15(6-7-16(18(17)26-13)19(23)25-5)14-8-10-22(11-9-14)20(24)27-21(2,3)4/h6-8,12H,9-11H2,1-5H3. The number of esters is 1. The van der Waals surface area contributed by atoms with E-state index in [1.807, 2.05) is 45.9 Å². The zero-order chi connectivity index (χ0) is 19.8. The van der Waals surface area contributed by atoms with Gasteiger partial charge in [-0.2, -0.15) is 0 Å². The Morgan fingerprint density at radius 2 is 1.96 bits per heavy atom. The number of nitrogens with zero attached hydrogens (tertiary/aromatic N) is 1. The van der Waals surface area contributed by atoms with E-state index in [4.69, 9.17) is 13.9 Å². The highest BCUT2D eigenvalue weighted by atomic mass is 16.6. The van der Waals surface area contributed by atoms with Gasteiger partial charge in [0.1, 0.15) is 22.5 Å². The van der Waals surface area contributed by atoms with Gasteiger partial charge in [0.15, 0.2) is 0 Å². The minimum Gasteiger partial charge on any atom is -0.465 e. The van der Waals surface area contributed by atoms with Gasteiger partial charge in [-0.15, -0.1) is 0 Å². The van der Waals surface area contributed by atoms with Crippen molar-refractivity contribution in [3.05, 3.63) is 41.2 Å². The number of furan rings is 1. The SMILES string of the molecule is COC(=O)c1ccc(C2=CCN(C(=O)OC(C)(C)C)CC2)c2cc(C)oc12. The first kappa shape index (κ1) is 19.0. The number of hydrogen-bond donors (Lipinski definition) is 0. The Kier molecular flexibility index (Phi) is 5.00. The number of amides is 1. The van der Waals surface area contributed by atoms with Gasteiger partial charge in [0.05, 0.1) is 7.11 Å². The number of fused-ring (bicyclic) bond motifs is 1. The summed E-state index contributed by atoms with van der Waals surface area (Å²) in [6, 6.07) is 5.57. The summed E-state index contributed by atoms with van der Waals surface area (Å²) in [7, 11) is 1.35. The van der Waals surface area contributed by atoms with Crippen molar-refractivity contribution >= 4 is 28.6 Å². The van der Waals surface area contributed by atoms with Crippen molar-refractivity contribution in [2.24, 2.45) is 0 Å². The van der Waals surface area contributed by atoms with Crippen LogP contribution in [0.2, 0.25) is 0 Å². The van der Waals surface area contributed by atoms with E-state index in [-0.39, 0.29) is 6.09 Å². The average Bonchev–Trinajstić information content (AvgIpc) is 3.00. The predicted octanol–water partition coefficient (Wildman–Crippen LogP) is 4.55. The lowest BCUT2D eigenvalue weighted by Gasteiger charge is -2.29. The van der Waals surface area contributed by atoms with E-state index in [0.29, 0.717) is 30.7 Å². The molecule has 0 radical (unpaired) electrons. The van der Waals surface area contributed by atoms with E-state index >= 15 is 0 Å². The Hall–Kier alpha value is -2.76. The summed E-state index contributed by atoms with van der Waals surface area (Å²) in [6.07, 6.45) is 2.43. The van der Waals surface area contributed by atoms with Crippen molar-refractivity contribution in [3.63, 3.8) is 0 Å². The van der Waals surface area contributed by atoms with Crippen LogP contribution in [0.1, 0.15) is 48.9 Å². The molecule has 0 aliphatic carbocycles. The molecule has 0 saturated heterocycles. The fourth-order valence-corrected chi connectivity index (χ4v) is 3.20. The second-order valence-electron chi connectivity index (χ2n) is 7.66. The molecule has 1 aliphatic heterocycles. The highest BCUT2D eigenvalue weighted by molar-refractivity contribution is 6.05. The Morgan fingerprint density at radius 3 is 2.56 bits per heavy atom. The lowest BCUT2D eigenvalue weighted by atomic mass is 9.95. The van der Waals surface area contributed by atoms with E-state index in [2.05, 4.69) is 0 Å². The van der Waals surface area contributed by atoms with Crippen molar-refractivity contribution < 1.29 is 23.5 Å². The highest BCUT2D eigenvalue weighted by Gasteiger charge is 2.25. The fourth-order valence-electron chi connectivity index (χ4n) is 3.20. The van der Waals surface area contributed by atoms with Gasteiger partial charge in [-0.25, -0.2) is 9.59 Å². The van der Waals surface area contributed by atoms with E-state index < -0.39 is 11.6 Å². The Morgan fingerprint density at radius 1 is 1.22 bits per heavy atom. The van der Waals surface area contributed by atoms with E-state index in [1.165, 1.54) is 7.11 Å². The van der Waals surface area contributed by atoms with Crippen molar-refractivity contribution in [2.75, 3.05) is 20.2 Å². The molecule has 0 atom stereocenters. The third-order valence-corrected chi connectivity index (χ3v) is 4.42. The molecule has 1 aliphatic rings. The molecule has 0 saturated carbocycles. The molecule has 0 unspecified atom stereocenters. The van der Waals surface area contributed by atoms with E-state index in [0.717, 1.165) is 22.3 Å². The van der Waals surface area contributed by atoms with Gasteiger partial charge >= 0.3 is 12.1 Å². The quantitative estimate of drug-likeness (QED) is 0.724. The van der Waals surface area contributed by atoms with Crippen molar-refractivity contribution in [2.45, 2.75) is 39.7 Å². The van der Waals surface area contributed by atoms with Crippen LogP contribution in [0.4, 0.5) is 4.79 Å². The number of carbonyl (C=O) groups excluding carboxylic acids is 2. The molecule has 27 heavy (non-hydrogen) atoms. The Bertz CT molecular complexity index is 917. The first-order valence-electron chi connectivity index (χ1n) is 8.98. The summed E-state index contributed by atoms with van der Waals surface area (Å²) in [5, 5.41) is 0.882. The molecular formula is C21H25NO5. The topological polar surface area (TPSA) is 69.0 Å². The molecule has 6 nitrogen and oxygen atoms in total. The summed E-state index contributed by atoms with van der Waals surface area (Å²) in [6.45, 7) is 8.49. The predicted molar refractivity (Wildman–Crippen MR) is 103 cm³/mol. The highest BCUT2D eigenvalue weighted by Crippen LogP contribution is 2.33. The maximum Gasteiger partial charge on any atom is 0.410 e. The van der Waals surface area contributed by atoms with Crippen LogP contribution in [0, 0.1) is 6.92 Å². The van der Waals surface area contributed by atoms with Crippen LogP contribution >= 0.6 is 0 Å². The smallest absolute Gasteiger partial charge is 0.410 e. The summed E-state index contributed by atoms with van der Waals surface area (Å²) in [5.41, 5.74) is 2.57. The molecule has 0 N–H and O–H groups in total. The Balaban J connectivity index is 1.89. The number of rotatable bonds is 2. The number of methoxy groups -OCH3 is 1. The lowest BCUT2D eigenvalue weighted by Crippen LogP contribution is -2.39. The molecule has 3 rings (SSSR count). The molecule has 1 amide bonds. The van der Waals surface area contributed by atoms with Crippen LogP contribution in [0.25, 0.3) is 16.5 Å². The minimum absolute atomic E-state index is 0.303. The number of carbonyl (C=O) groups is 2. The van der Waals surface area contributed by atoms with Crippen molar-refractivity contribution in [3.8, 4) is 0 Å². The molecule has 144 valence electrons. The largest absolute Gasteiger partial charge is 0.465 e. The van der Waals surface area contributed by atoms with Gasteiger partial charge in [-0.3, -0.25) is 0 Å². The molecule has 2 aromatic rings. The van der Waals surface area contributed by atoms with Gasteiger partial charge in [0.2, 0.25) is 0 Å². The molecule has 0 bridgehead atoms. The van der Waals surface area contributed by atoms with Crippen LogP contribution in [0.5, 0.6) is 0 Å². The van der Waals surface area contributed by atoms with Gasteiger partial charge in [-0.05, 0) is 57.4 Å². The average molecular weight is 371 g/mol. The number of ether oxygens (including phenoxy) is 2. The second-order valence-corrected chi connectivity index (χ2v) is 7.66. The molecule has 0 fully saturated rings. The molecule has 1 aromatic heterocycles. The molecule has 6 heteroatoms. The minimum atomic E-state index is -0.509. The maximum absolute atomic E-state index is 12.2. The summed E-state index contributed by atoms with van der Waals surface area (Å²) < 4.78 is 16.0. The number of aryl methyl sites for hydroxylation is 1. The van der Waals surface area contributed by atoms with Crippen molar-refractivity contribution in [1.82, 2.24) is 4.90 Å². The molecule has 0 spiro atoms. The molecule has 2 heterocycles.